The van der Waals surface area contributed by atoms with E-state index < -0.39 is 0 Å². The van der Waals surface area contributed by atoms with Crippen LogP contribution in [0.3, 0.4) is 0 Å². The molecule has 0 aromatic rings. The third kappa shape index (κ3) is 16.2. The van der Waals surface area contributed by atoms with Gasteiger partial charge < -0.3 is 15.8 Å². The van der Waals surface area contributed by atoms with Gasteiger partial charge in [-0.05, 0) is 18.3 Å². The third-order valence-corrected chi connectivity index (χ3v) is 3.50. The maximum atomic E-state index is 5.88. The summed E-state index contributed by atoms with van der Waals surface area (Å²) in [4.78, 5) is 4.42. The van der Waals surface area contributed by atoms with E-state index in [9.17, 15) is 0 Å². The van der Waals surface area contributed by atoms with Gasteiger partial charge in [0.2, 0.25) is 0 Å². The number of aliphatic imine (C=N–C) groups is 1. The summed E-state index contributed by atoms with van der Waals surface area (Å²) in [5.74, 6) is 0.573. The Morgan fingerprint density at radius 1 is 1.14 bits per heavy atom. The van der Waals surface area contributed by atoms with E-state index in [-0.39, 0.29) is 29.4 Å². The summed E-state index contributed by atoms with van der Waals surface area (Å²) < 4.78 is 5.11. The third-order valence-electron chi connectivity index (χ3n) is 3.50. The summed E-state index contributed by atoms with van der Waals surface area (Å²) >= 11 is 0. The Morgan fingerprint density at radius 3 is 2.38 bits per heavy atom. The van der Waals surface area contributed by atoms with Gasteiger partial charge in [-0.3, -0.25) is 4.99 Å². The Kier molecular flexibility index (Phi) is 16.5. The van der Waals surface area contributed by atoms with Crippen molar-refractivity contribution in [1.29, 1.82) is 0 Å². The molecule has 0 bridgehead atoms. The molecule has 0 aliphatic carbocycles. The minimum Gasteiger partial charge on any atom is -0.385 e. The van der Waals surface area contributed by atoms with Crippen molar-refractivity contribution in [2.45, 2.75) is 65.7 Å². The first kappa shape index (κ1) is 23.2. The van der Waals surface area contributed by atoms with E-state index in [1.807, 2.05) is 0 Å². The van der Waals surface area contributed by atoms with Gasteiger partial charge in [0, 0.05) is 26.8 Å². The van der Waals surface area contributed by atoms with Crippen LogP contribution in [0.5, 0.6) is 0 Å². The topological polar surface area (TPSA) is 59.6 Å². The molecular weight excluding hydrogens is 377 g/mol. The van der Waals surface area contributed by atoms with Crippen LogP contribution in [0.2, 0.25) is 0 Å². The van der Waals surface area contributed by atoms with E-state index in [1.165, 1.54) is 38.5 Å². The molecule has 0 saturated heterocycles. The molecule has 0 radical (unpaired) electrons. The van der Waals surface area contributed by atoms with Crippen LogP contribution in [0.4, 0.5) is 0 Å². The fourth-order valence-corrected chi connectivity index (χ4v) is 1.93. The predicted octanol–water partition coefficient (Wildman–Crippen LogP) is 3.93. The molecule has 0 aliphatic rings. The summed E-state index contributed by atoms with van der Waals surface area (Å²) in [6, 6.07) is 0. The van der Waals surface area contributed by atoms with Gasteiger partial charge in [-0.1, -0.05) is 52.9 Å². The van der Waals surface area contributed by atoms with Crippen LogP contribution in [0.15, 0.2) is 4.99 Å². The first-order valence-electron chi connectivity index (χ1n) is 8.04. The minimum atomic E-state index is 0. The molecule has 3 N–H and O–H groups in total. The molecule has 21 heavy (non-hydrogen) atoms. The van der Waals surface area contributed by atoms with E-state index in [4.69, 9.17) is 10.5 Å². The Morgan fingerprint density at radius 2 is 1.76 bits per heavy atom. The van der Waals surface area contributed by atoms with Gasteiger partial charge in [0.1, 0.15) is 0 Å². The number of ether oxygens (including phenoxy) is 1. The molecule has 0 atom stereocenters. The lowest BCUT2D eigenvalue weighted by atomic mass is 9.90. The maximum Gasteiger partial charge on any atom is 0.188 e. The van der Waals surface area contributed by atoms with E-state index >= 15 is 0 Å². The first-order valence-corrected chi connectivity index (χ1v) is 8.04. The Hall–Kier alpha value is -0.0400. The lowest BCUT2D eigenvalue weighted by Crippen LogP contribution is -2.33. The van der Waals surface area contributed by atoms with Crippen molar-refractivity contribution in [3.63, 3.8) is 0 Å². The smallest absolute Gasteiger partial charge is 0.188 e. The van der Waals surface area contributed by atoms with Crippen LogP contribution in [-0.4, -0.2) is 32.8 Å². The number of nitrogens with zero attached hydrogens (tertiary/aromatic N) is 1. The molecule has 0 spiro atoms. The van der Waals surface area contributed by atoms with Crippen molar-refractivity contribution in [2.75, 3.05) is 26.8 Å². The average molecular weight is 413 g/mol. The van der Waals surface area contributed by atoms with Crippen molar-refractivity contribution >= 4 is 29.9 Å². The molecular formula is C16H36IN3O. The molecule has 5 heteroatoms. The second-order valence-electron chi connectivity index (χ2n) is 6.30. The highest BCUT2D eigenvalue weighted by Crippen LogP contribution is 2.20. The van der Waals surface area contributed by atoms with Crippen molar-refractivity contribution in [3.05, 3.63) is 0 Å². The van der Waals surface area contributed by atoms with Crippen LogP contribution in [-0.2, 0) is 4.74 Å². The molecule has 0 aromatic heterocycles. The van der Waals surface area contributed by atoms with E-state index in [0.717, 1.165) is 26.1 Å². The standard InChI is InChI=1S/C16H35N3O.HI/c1-5-6-7-8-9-10-12-18-15(17)19-14-16(2,3)11-13-20-4;/h5-14H2,1-4H3,(H3,17,18,19);1H. The van der Waals surface area contributed by atoms with E-state index in [0.29, 0.717) is 5.96 Å². The monoisotopic (exact) mass is 413 g/mol. The number of guanidine groups is 1. The average Bonchev–Trinajstić information content (AvgIpc) is 2.42. The second kappa shape index (κ2) is 14.9. The van der Waals surface area contributed by atoms with E-state index in [1.54, 1.807) is 7.11 Å². The zero-order valence-corrected chi connectivity index (χ0v) is 16.7. The summed E-state index contributed by atoms with van der Waals surface area (Å²) in [5, 5.41) is 3.20. The zero-order valence-electron chi connectivity index (χ0n) is 14.4. The molecule has 0 fully saturated rings. The first-order chi connectivity index (χ1) is 9.52. The number of unbranched alkanes of at least 4 members (excludes halogenated alkanes) is 5. The van der Waals surface area contributed by atoms with Crippen LogP contribution in [0.25, 0.3) is 0 Å². The molecule has 128 valence electrons. The quantitative estimate of drug-likeness (QED) is 0.221. The van der Waals surface area contributed by atoms with Crippen LogP contribution < -0.4 is 11.1 Å². The Labute approximate surface area is 148 Å². The van der Waals surface area contributed by atoms with Gasteiger partial charge in [-0.2, -0.15) is 0 Å². The summed E-state index contributed by atoms with van der Waals surface area (Å²) in [5.41, 5.74) is 6.02. The molecule has 0 saturated carbocycles. The van der Waals surface area contributed by atoms with Crippen LogP contribution in [0, 0.1) is 5.41 Å². The maximum absolute atomic E-state index is 5.88. The number of nitrogens with one attached hydrogen (secondary N) is 1. The Balaban J connectivity index is 0. The van der Waals surface area contributed by atoms with Crippen molar-refractivity contribution in [1.82, 2.24) is 5.32 Å². The highest BCUT2D eigenvalue weighted by molar-refractivity contribution is 14.0. The second-order valence-corrected chi connectivity index (χ2v) is 6.30. The molecule has 0 heterocycles. The van der Waals surface area contributed by atoms with Crippen molar-refractivity contribution < 1.29 is 4.74 Å². The van der Waals surface area contributed by atoms with Crippen molar-refractivity contribution in [3.8, 4) is 0 Å². The number of hydrogen-bond acceptors (Lipinski definition) is 2. The number of methoxy groups -OCH3 is 1. The molecule has 0 rings (SSSR count). The van der Waals surface area contributed by atoms with Gasteiger partial charge >= 0.3 is 0 Å². The largest absolute Gasteiger partial charge is 0.385 e. The van der Waals surface area contributed by atoms with Gasteiger partial charge in [-0.25, -0.2) is 0 Å². The molecule has 0 amide bonds. The predicted molar refractivity (Wildman–Crippen MR) is 104 cm³/mol. The number of nitrogens with two attached hydrogens (primary N) is 1. The zero-order chi connectivity index (χ0) is 15.3. The summed E-state index contributed by atoms with van der Waals surface area (Å²) in [6.45, 7) is 9.07. The minimum absolute atomic E-state index is 0. The van der Waals surface area contributed by atoms with Crippen LogP contribution >= 0.6 is 24.0 Å². The van der Waals surface area contributed by atoms with Gasteiger partial charge in [0.05, 0.1) is 0 Å². The van der Waals surface area contributed by atoms with Crippen LogP contribution in [0.1, 0.15) is 65.7 Å². The van der Waals surface area contributed by atoms with E-state index in [2.05, 4.69) is 31.1 Å². The van der Waals surface area contributed by atoms with Gasteiger partial charge in [0.25, 0.3) is 0 Å². The highest BCUT2D eigenvalue weighted by atomic mass is 127. The number of hydrogen-bond donors (Lipinski definition) is 2. The highest BCUT2D eigenvalue weighted by Gasteiger charge is 2.16. The lowest BCUT2D eigenvalue weighted by Gasteiger charge is -2.21. The molecule has 0 unspecified atom stereocenters. The normalized spacial score (nSPS) is 12.1. The number of rotatable bonds is 12. The lowest BCUT2D eigenvalue weighted by molar-refractivity contribution is 0.155. The fraction of sp³-hybridized carbons (Fsp3) is 0.938. The molecule has 0 aromatic carbocycles. The summed E-state index contributed by atoms with van der Waals surface area (Å²) in [6.07, 6.45) is 8.79. The fourth-order valence-electron chi connectivity index (χ4n) is 1.93. The van der Waals surface area contributed by atoms with Crippen molar-refractivity contribution in [2.24, 2.45) is 16.1 Å². The number of halogens is 1. The molecule has 0 aliphatic heterocycles. The van der Waals surface area contributed by atoms with Gasteiger partial charge in [0.15, 0.2) is 5.96 Å². The molecule has 4 nitrogen and oxygen atoms in total. The summed E-state index contributed by atoms with van der Waals surface area (Å²) in [7, 11) is 1.73. The van der Waals surface area contributed by atoms with Gasteiger partial charge in [-0.15, -0.1) is 24.0 Å². The Bertz CT molecular complexity index is 258. The SMILES string of the molecule is CCCCCCCCNC(N)=NCC(C)(C)CCOC.I.